The number of aryl methyl sites for hydroxylation is 1. The van der Waals surface area contributed by atoms with E-state index in [-0.39, 0.29) is 47.7 Å². The molecule has 2 aromatic carbocycles. The van der Waals surface area contributed by atoms with Crippen molar-refractivity contribution in [3.05, 3.63) is 81.3 Å². The number of nitrogen functional groups attached to an aromatic ring is 1. The highest BCUT2D eigenvalue weighted by Crippen LogP contribution is 2.68. The van der Waals surface area contributed by atoms with Crippen LogP contribution in [0.4, 0.5) is 37.3 Å². The van der Waals surface area contributed by atoms with E-state index in [1.807, 2.05) is 0 Å². The van der Waals surface area contributed by atoms with Gasteiger partial charge in [-0.15, -0.1) is 0 Å². The molecule has 0 bridgehead atoms. The van der Waals surface area contributed by atoms with Crippen molar-refractivity contribution in [3.8, 4) is 11.1 Å². The average Bonchev–Trinajstić information content (AvgIpc) is 3.37. The first-order valence-electron chi connectivity index (χ1n) is 17.1. The van der Waals surface area contributed by atoms with Gasteiger partial charge in [0.15, 0.2) is 16.6 Å². The number of hydrogen-bond donors (Lipinski definition) is 4. The first-order valence-corrected chi connectivity index (χ1v) is 18.3. The summed E-state index contributed by atoms with van der Waals surface area (Å²) < 4.78 is 90.6. The molecule has 4 heterocycles. The summed E-state index contributed by atoms with van der Waals surface area (Å²) in [5.41, 5.74) is 5.31. The number of nitrogens with zero attached hydrogens (tertiary/aromatic N) is 6. The van der Waals surface area contributed by atoms with E-state index >= 15 is 8.78 Å². The second kappa shape index (κ2) is 13.1. The van der Waals surface area contributed by atoms with Gasteiger partial charge in [-0.2, -0.15) is 19.0 Å². The quantitative estimate of drug-likeness (QED) is 0.0992. The zero-order chi connectivity index (χ0) is 39.3. The van der Waals surface area contributed by atoms with Gasteiger partial charge in [0.1, 0.15) is 29.6 Å². The minimum atomic E-state index is -3.47. The standard InChI is InChI=1S/C36H32ClF6N9O2S/c1-35(2,54)13-45-34-48-33-23(55-34)11-18(17-4-5-21(37)26-29(17)51(3)50-32(26)44)27(47-33)22(8-14-6-15(38)9-16(39)7-14)46-24(53)12-52-30-25(28(49-52)31(40)41)19-10-20(19)36(30,42)43/h4-7,9,11,19-20,22,31,54H,8,10,12-13H2,1-3H3,(H2,44,50)(H,46,53)(H,45,47,48)/t19-,20?,22-/m0/s1. The van der Waals surface area contributed by atoms with Crippen LogP contribution in [0.15, 0.2) is 36.4 Å². The predicted octanol–water partition coefficient (Wildman–Crippen LogP) is 7.38. The molecule has 8 rings (SSSR count). The molecule has 1 amide bonds. The Balaban J connectivity index is 1.27. The molecule has 0 aliphatic heterocycles. The van der Waals surface area contributed by atoms with Crippen LogP contribution in [0, 0.1) is 17.6 Å². The molecule has 2 aliphatic rings. The third-order valence-corrected chi connectivity index (χ3v) is 11.1. The number of nitrogens with two attached hydrogens (primary N) is 1. The minimum absolute atomic E-state index is 0.0483. The summed E-state index contributed by atoms with van der Waals surface area (Å²) in [6.45, 7) is 2.52. The van der Waals surface area contributed by atoms with Crippen molar-refractivity contribution >= 4 is 61.0 Å². The smallest absolute Gasteiger partial charge is 0.293 e. The molecule has 19 heteroatoms. The number of anilines is 2. The number of aromatic nitrogens is 6. The fourth-order valence-electron chi connectivity index (χ4n) is 7.49. The Kier molecular flexibility index (Phi) is 8.80. The Morgan fingerprint density at radius 1 is 1.11 bits per heavy atom. The third-order valence-electron chi connectivity index (χ3n) is 9.83. The maximum absolute atomic E-state index is 15.4. The number of hydrogen-bond acceptors (Lipinski definition) is 9. The first-order chi connectivity index (χ1) is 25.9. The number of fused-ring (bicyclic) bond motifs is 5. The Labute approximate surface area is 317 Å². The van der Waals surface area contributed by atoms with E-state index in [9.17, 15) is 27.5 Å². The van der Waals surface area contributed by atoms with Crippen LogP contribution in [-0.4, -0.2) is 52.7 Å². The van der Waals surface area contributed by atoms with Crippen LogP contribution in [0.3, 0.4) is 0 Å². The zero-order valence-electron chi connectivity index (χ0n) is 29.3. The molecule has 1 unspecified atom stereocenters. The lowest BCUT2D eigenvalue weighted by Crippen LogP contribution is -2.35. The van der Waals surface area contributed by atoms with Crippen LogP contribution < -0.4 is 16.4 Å². The number of rotatable bonds is 11. The van der Waals surface area contributed by atoms with E-state index in [4.69, 9.17) is 22.3 Å². The third kappa shape index (κ3) is 6.63. The molecule has 2 aliphatic carbocycles. The second-order valence-corrected chi connectivity index (χ2v) is 16.0. The molecule has 0 saturated heterocycles. The summed E-state index contributed by atoms with van der Waals surface area (Å²) in [6.07, 6.45) is -3.35. The van der Waals surface area contributed by atoms with Gasteiger partial charge in [0.05, 0.1) is 38.0 Å². The van der Waals surface area contributed by atoms with Crippen molar-refractivity contribution in [2.45, 2.75) is 63.1 Å². The van der Waals surface area contributed by atoms with Crippen molar-refractivity contribution < 1.29 is 36.2 Å². The second-order valence-electron chi connectivity index (χ2n) is 14.5. The molecule has 55 heavy (non-hydrogen) atoms. The number of pyridine rings is 1. The van der Waals surface area contributed by atoms with Crippen LogP contribution in [0.1, 0.15) is 66.9 Å². The van der Waals surface area contributed by atoms with Crippen molar-refractivity contribution in [1.82, 2.24) is 34.8 Å². The fourth-order valence-corrected chi connectivity index (χ4v) is 8.58. The Hall–Kier alpha value is -4.94. The molecule has 5 N–H and O–H groups in total. The highest BCUT2D eigenvalue weighted by Gasteiger charge is 2.67. The minimum Gasteiger partial charge on any atom is -0.389 e. The lowest BCUT2D eigenvalue weighted by Gasteiger charge is -2.23. The summed E-state index contributed by atoms with van der Waals surface area (Å²) in [5.74, 6) is -7.91. The van der Waals surface area contributed by atoms with E-state index in [0.717, 1.165) is 12.1 Å². The molecule has 1 fully saturated rings. The number of halogens is 7. The van der Waals surface area contributed by atoms with E-state index in [0.29, 0.717) is 47.6 Å². The van der Waals surface area contributed by atoms with Gasteiger partial charge in [-0.3, -0.25) is 14.2 Å². The number of benzene rings is 2. The average molecular weight is 804 g/mol. The van der Waals surface area contributed by atoms with E-state index < -0.39 is 71.3 Å². The summed E-state index contributed by atoms with van der Waals surface area (Å²) in [6, 6.07) is 6.67. The van der Waals surface area contributed by atoms with Crippen LogP contribution in [-0.2, 0) is 30.7 Å². The number of amides is 1. The molecule has 0 spiro atoms. The van der Waals surface area contributed by atoms with Crippen LogP contribution in [0.25, 0.3) is 32.4 Å². The molecule has 1 saturated carbocycles. The Morgan fingerprint density at radius 2 is 1.84 bits per heavy atom. The van der Waals surface area contributed by atoms with Gasteiger partial charge in [-0.1, -0.05) is 29.0 Å². The number of alkyl halides is 4. The fraction of sp³-hybridized carbons (Fsp3) is 0.361. The normalized spacial score (nSPS) is 17.9. The highest BCUT2D eigenvalue weighted by molar-refractivity contribution is 7.22. The van der Waals surface area contributed by atoms with Gasteiger partial charge in [-0.05, 0) is 62.4 Å². The van der Waals surface area contributed by atoms with E-state index in [1.165, 1.54) is 16.0 Å². The van der Waals surface area contributed by atoms with Crippen molar-refractivity contribution in [3.63, 3.8) is 0 Å². The Bertz CT molecular complexity index is 2510. The largest absolute Gasteiger partial charge is 0.389 e. The molecular weight excluding hydrogens is 772 g/mol. The van der Waals surface area contributed by atoms with Gasteiger partial charge in [0.25, 0.3) is 12.3 Å². The zero-order valence-corrected chi connectivity index (χ0v) is 30.8. The van der Waals surface area contributed by atoms with Crippen LogP contribution >= 0.6 is 22.9 Å². The van der Waals surface area contributed by atoms with Crippen molar-refractivity contribution in [2.24, 2.45) is 13.0 Å². The maximum atomic E-state index is 15.4. The number of carbonyl (C=O) groups is 1. The van der Waals surface area contributed by atoms with Crippen molar-refractivity contribution in [2.75, 3.05) is 17.6 Å². The van der Waals surface area contributed by atoms with Gasteiger partial charge in [-0.25, -0.2) is 27.5 Å². The molecule has 3 atom stereocenters. The first kappa shape index (κ1) is 37.0. The summed E-state index contributed by atoms with van der Waals surface area (Å²) in [5, 5.41) is 25.4. The maximum Gasteiger partial charge on any atom is 0.293 e. The van der Waals surface area contributed by atoms with Gasteiger partial charge < -0.3 is 21.5 Å². The van der Waals surface area contributed by atoms with Gasteiger partial charge in [0, 0.05) is 42.3 Å². The summed E-state index contributed by atoms with van der Waals surface area (Å²) >= 11 is 7.79. The monoisotopic (exact) mass is 803 g/mol. The van der Waals surface area contributed by atoms with Gasteiger partial charge >= 0.3 is 0 Å². The predicted molar refractivity (Wildman–Crippen MR) is 194 cm³/mol. The van der Waals surface area contributed by atoms with Crippen LogP contribution in [0.5, 0.6) is 0 Å². The topological polar surface area (TPSA) is 149 Å². The molecule has 0 radical (unpaired) electrons. The number of carbonyl (C=O) groups excluding carboxylic acids is 1. The van der Waals surface area contributed by atoms with Gasteiger partial charge in [0.2, 0.25) is 5.91 Å². The van der Waals surface area contributed by atoms with E-state index in [2.05, 4.69) is 25.8 Å². The van der Waals surface area contributed by atoms with Crippen molar-refractivity contribution in [1.29, 1.82) is 0 Å². The highest BCUT2D eigenvalue weighted by atomic mass is 35.5. The number of thiazole rings is 1. The molecule has 6 aromatic rings. The SMILES string of the molecule is Cn1nc(N)c2c(Cl)ccc(-c3cc4sc(NCC(C)(C)O)nc4nc3[C@H](Cc3cc(F)cc(F)c3)NC(=O)Cn3nc(C(F)F)c4c3C(F)(F)C3C[C@H]43)c21. The Morgan fingerprint density at radius 3 is 2.53 bits per heavy atom. The summed E-state index contributed by atoms with van der Waals surface area (Å²) in [7, 11) is 1.65. The lowest BCUT2D eigenvalue weighted by atomic mass is 9.94. The lowest BCUT2D eigenvalue weighted by molar-refractivity contribution is -0.123. The molecule has 11 nitrogen and oxygen atoms in total. The number of nitrogens with one attached hydrogen (secondary N) is 2. The van der Waals surface area contributed by atoms with E-state index in [1.54, 1.807) is 39.1 Å². The summed E-state index contributed by atoms with van der Waals surface area (Å²) in [4.78, 5) is 23.4. The van der Waals surface area contributed by atoms with Crippen LogP contribution in [0.2, 0.25) is 5.02 Å². The number of aliphatic hydroxyl groups is 1. The molecule has 288 valence electrons. The molecular formula is C36H32ClF6N9O2S. The molecule has 4 aromatic heterocycles.